The zero-order valence-electron chi connectivity index (χ0n) is 12.1. The van der Waals surface area contributed by atoms with E-state index < -0.39 is 11.3 Å². The molecule has 3 heteroatoms. The molecule has 0 aromatic carbocycles. The van der Waals surface area contributed by atoms with E-state index in [-0.39, 0.29) is 24.9 Å². The summed E-state index contributed by atoms with van der Waals surface area (Å²) in [4.78, 5) is 0. The Morgan fingerprint density at radius 1 is 1.22 bits per heavy atom. The Bertz CT molecular complexity index is 261. The summed E-state index contributed by atoms with van der Waals surface area (Å²) < 4.78 is 27.1. The van der Waals surface area contributed by atoms with Crippen LogP contribution >= 0.6 is 0 Å². The van der Waals surface area contributed by atoms with Gasteiger partial charge in [0.2, 0.25) is 5.92 Å². The number of halogens is 2. The van der Waals surface area contributed by atoms with Crippen LogP contribution in [0.1, 0.15) is 72.1 Å². The summed E-state index contributed by atoms with van der Waals surface area (Å²) in [6, 6.07) is 0. The Morgan fingerprint density at radius 3 is 2.22 bits per heavy atom. The van der Waals surface area contributed by atoms with E-state index in [4.69, 9.17) is 0 Å². The molecule has 1 fully saturated rings. The summed E-state index contributed by atoms with van der Waals surface area (Å²) in [5, 5.41) is 9.53. The third-order valence-corrected chi connectivity index (χ3v) is 4.40. The number of aliphatic hydroxyl groups excluding tert-OH is 1. The topological polar surface area (TPSA) is 20.2 Å². The first kappa shape index (κ1) is 15.9. The van der Waals surface area contributed by atoms with Crippen LogP contribution in [0, 0.1) is 10.8 Å². The zero-order chi connectivity index (χ0) is 13.9. The van der Waals surface area contributed by atoms with Gasteiger partial charge in [0.25, 0.3) is 0 Å². The monoisotopic (exact) mass is 262 g/mol. The molecule has 1 rings (SSSR count). The van der Waals surface area contributed by atoms with E-state index >= 15 is 0 Å². The van der Waals surface area contributed by atoms with Crippen molar-refractivity contribution >= 4 is 0 Å². The van der Waals surface area contributed by atoms with Crippen molar-refractivity contribution in [3.05, 3.63) is 0 Å². The van der Waals surface area contributed by atoms with Gasteiger partial charge in [-0.1, -0.05) is 33.6 Å². The highest BCUT2D eigenvalue weighted by atomic mass is 19.3. The highest BCUT2D eigenvalue weighted by molar-refractivity contribution is 4.98. The molecule has 0 radical (unpaired) electrons. The first-order chi connectivity index (χ1) is 8.30. The van der Waals surface area contributed by atoms with Crippen LogP contribution in [0.5, 0.6) is 0 Å². The van der Waals surface area contributed by atoms with Gasteiger partial charge in [0, 0.05) is 19.4 Å². The normalized spacial score (nSPS) is 21.7. The molecule has 0 spiro atoms. The van der Waals surface area contributed by atoms with Crippen molar-refractivity contribution in [1.29, 1.82) is 0 Å². The van der Waals surface area contributed by atoms with Gasteiger partial charge in [0.05, 0.1) is 0 Å². The molecule has 1 nitrogen and oxygen atoms in total. The average Bonchev–Trinajstić information content (AvgIpc) is 3.06. The fourth-order valence-corrected chi connectivity index (χ4v) is 3.07. The van der Waals surface area contributed by atoms with Crippen LogP contribution in [0.15, 0.2) is 0 Å². The molecule has 0 amide bonds. The van der Waals surface area contributed by atoms with Crippen LogP contribution in [0.4, 0.5) is 8.78 Å². The largest absolute Gasteiger partial charge is 0.396 e. The summed E-state index contributed by atoms with van der Waals surface area (Å²) in [5.41, 5.74) is -0.360. The maximum Gasteiger partial charge on any atom is 0.248 e. The van der Waals surface area contributed by atoms with Crippen LogP contribution in [0.25, 0.3) is 0 Å². The molecule has 1 atom stereocenters. The summed E-state index contributed by atoms with van der Waals surface area (Å²) in [7, 11) is 0. The SMILES string of the molecule is CCCCC1(CC(C)(CO)CC(F)(F)CC)CC1. The first-order valence-electron chi connectivity index (χ1n) is 7.29. The van der Waals surface area contributed by atoms with E-state index in [9.17, 15) is 13.9 Å². The van der Waals surface area contributed by atoms with Crippen molar-refractivity contribution in [3.8, 4) is 0 Å². The van der Waals surface area contributed by atoms with E-state index in [2.05, 4.69) is 6.92 Å². The Morgan fingerprint density at radius 2 is 1.83 bits per heavy atom. The second kappa shape index (κ2) is 5.85. The second-order valence-electron chi connectivity index (χ2n) is 6.64. The number of hydrogen-bond acceptors (Lipinski definition) is 1. The van der Waals surface area contributed by atoms with Crippen molar-refractivity contribution < 1.29 is 13.9 Å². The van der Waals surface area contributed by atoms with Gasteiger partial charge >= 0.3 is 0 Å². The van der Waals surface area contributed by atoms with E-state index in [0.717, 1.165) is 32.1 Å². The van der Waals surface area contributed by atoms with Crippen molar-refractivity contribution in [1.82, 2.24) is 0 Å². The van der Waals surface area contributed by atoms with Gasteiger partial charge in [-0.3, -0.25) is 0 Å². The van der Waals surface area contributed by atoms with Gasteiger partial charge in [0.15, 0.2) is 0 Å². The maximum atomic E-state index is 13.6. The molecule has 1 unspecified atom stereocenters. The quantitative estimate of drug-likeness (QED) is 0.634. The molecule has 0 aromatic heterocycles. The smallest absolute Gasteiger partial charge is 0.248 e. The standard InChI is InChI=1S/C15H28F2O/c1-4-6-7-14(8-9-14)10-13(3,12-18)11-15(16,17)5-2/h18H,4-12H2,1-3H3. The minimum absolute atomic E-state index is 0.129. The minimum Gasteiger partial charge on any atom is -0.396 e. The Labute approximate surface area is 110 Å². The number of hydrogen-bond donors (Lipinski definition) is 1. The van der Waals surface area contributed by atoms with E-state index in [1.54, 1.807) is 0 Å². The third-order valence-electron chi connectivity index (χ3n) is 4.40. The highest BCUT2D eigenvalue weighted by Gasteiger charge is 2.49. The molecule has 0 heterocycles. The summed E-state index contributed by atoms with van der Waals surface area (Å²) >= 11 is 0. The van der Waals surface area contributed by atoms with Crippen LogP contribution < -0.4 is 0 Å². The third kappa shape index (κ3) is 4.49. The zero-order valence-corrected chi connectivity index (χ0v) is 12.1. The van der Waals surface area contributed by atoms with Crippen molar-refractivity contribution in [2.24, 2.45) is 10.8 Å². The lowest BCUT2D eigenvalue weighted by Crippen LogP contribution is -2.33. The van der Waals surface area contributed by atoms with E-state index in [1.165, 1.54) is 13.3 Å². The number of rotatable bonds is 9. The minimum atomic E-state index is -2.64. The molecule has 1 aliphatic carbocycles. The molecular formula is C15H28F2O. The molecular weight excluding hydrogens is 234 g/mol. The van der Waals surface area contributed by atoms with Gasteiger partial charge in [-0.2, -0.15) is 0 Å². The van der Waals surface area contributed by atoms with Crippen molar-refractivity contribution in [3.63, 3.8) is 0 Å². The number of aliphatic hydroxyl groups is 1. The lowest BCUT2D eigenvalue weighted by molar-refractivity contribution is -0.0661. The molecule has 0 saturated heterocycles. The predicted octanol–water partition coefficient (Wildman–Crippen LogP) is 4.78. The summed E-state index contributed by atoms with van der Waals surface area (Å²) in [6.45, 7) is 5.37. The average molecular weight is 262 g/mol. The van der Waals surface area contributed by atoms with Gasteiger partial charge in [-0.15, -0.1) is 0 Å². The van der Waals surface area contributed by atoms with Crippen LogP contribution in [-0.4, -0.2) is 17.6 Å². The van der Waals surface area contributed by atoms with Crippen LogP contribution in [0.3, 0.4) is 0 Å². The lowest BCUT2D eigenvalue weighted by atomic mass is 9.74. The fraction of sp³-hybridized carbons (Fsp3) is 1.00. The number of unbranched alkanes of at least 4 members (excludes halogenated alkanes) is 1. The predicted molar refractivity (Wildman–Crippen MR) is 70.9 cm³/mol. The molecule has 108 valence electrons. The van der Waals surface area contributed by atoms with E-state index in [0.29, 0.717) is 0 Å². The van der Waals surface area contributed by atoms with Crippen LogP contribution in [0.2, 0.25) is 0 Å². The molecule has 1 N–H and O–H groups in total. The Balaban J connectivity index is 2.59. The van der Waals surface area contributed by atoms with E-state index in [1.807, 2.05) is 6.92 Å². The molecule has 18 heavy (non-hydrogen) atoms. The lowest BCUT2D eigenvalue weighted by Gasteiger charge is -2.34. The molecule has 0 aliphatic heterocycles. The Kier molecular flexibility index (Phi) is 5.16. The molecule has 1 saturated carbocycles. The number of alkyl halides is 2. The van der Waals surface area contributed by atoms with Crippen molar-refractivity contribution in [2.45, 2.75) is 78.1 Å². The first-order valence-corrected chi connectivity index (χ1v) is 7.29. The summed E-state index contributed by atoms with van der Waals surface area (Å²) in [6.07, 6.45) is 6.21. The van der Waals surface area contributed by atoms with Gasteiger partial charge in [0.1, 0.15) is 0 Å². The second-order valence-corrected chi connectivity index (χ2v) is 6.64. The van der Waals surface area contributed by atoms with Gasteiger partial charge < -0.3 is 5.11 Å². The van der Waals surface area contributed by atoms with Gasteiger partial charge in [-0.05, 0) is 36.5 Å². The fourth-order valence-electron chi connectivity index (χ4n) is 3.07. The van der Waals surface area contributed by atoms with Crippen molar-refractivity contribution in [2.75, 3.05) is 6.61 Å². The maximum absolute atomic E-state index is 13.6. The summed E-state index contributed by atoms with van der Waals surface area (Å²) in [5.74, 6) is -2.64. The van der Waals surface area contributed by atoms with Crippen LogP contribution in [-0.2, 0) is 0 Å². The molecule has 0 bridgehead atoms. The highest BCUT2D eigenvalue weighted by Crippen LogP contribution is 2.58. The Hall–Kier alpha value is -0.180. The molecule has 0 aromatic rings. The van der Waals surface area contributed by atoms with Gasteiger partial charge in [-0.25, -0.2) is 8.78 Å². The molecule has 1 aliphatic rings.